The summed E-state index contributed by atoms with van der Waals surface area (Å²) in [4.78, 5) is 36.8. The molecule has 0 aliphatic heterocycles. The van der Waals surface area contributed by atoms with E-state index in [0.29, 0.717) is 16.6 Å². The number of nitrogens with two attached hydrogens (primary N) is 1. The summed E-state index contributed by atoms with van der Waals surface area (Å²) in [6.07, 6.45) is 0. The number of carbonyl (C=O) groups is 2. The maximum absolute atomic E-state index is 12.5. The van der Waals surface area contributed by atoms with Gasteiger partial charge in [-0.15, -0.1) is 0 Å². The molecule has 9 heteroatoms. The molecule has 138 valence electrons. The van der Waals surface area contributed by atoms with Crippen molar-refractivity contribution in [1.82, 2.24) is 10.3 Å². The number of benzene rings is 2. The normalized spacial score (nSPS) is 11.7. The fourth-order valence-electron chi connectivity index (χ4n) is 2.77. The molecule has 0 spiro atoms. The summed E-state index contributed by atoms with van der Waals surface area (Å²) in [6, 6.07) is 12.1. The van der Waals surface area contributed by atoms with Crippen LogP contribution < -0.4 is 16.4 Å². The van der Waals surface area contributed by atoms with Crippen molar-refractivity contribution >= 4 is 34.2 Å². The number of urea groups is 1. The van der Waals surface area contributed by atoms with Gasteiger partial charge in [-0.25, -0.2) is 4.79 Å². The van der Waals surface area contributed by atoms with Crippen LogP contribution >= 0.6 is 0 Å². The zero-order valence-electron chi connectivity index (χ0n) is 14.4. The van der Waals surface area contributed by atoms with Gasteiger partial charge in [0.1, 0.15) is 11.2 Å². The number of nitro groups is 1. The van der Waals surface area contributed by atoms with Gasteiger partial charge in [-0.1, -0.05) is 24.3 Å². The highest BCUT2D eigenvalue weighted by atomic mass is 16.6. The van der Waals surface area contributed by atoms with Crippen molar-refractivity contribution in [2.45, 2.75) is 13.0 Å². The Morgan fingerprint density at radius 1 is 1.19 bits per heavy atom. The first-order chi connectivity index (χ1) is 12.8. The third-order valence-corrected chi connectivity index (χ3v) is 4.10. The molecule has 0 aliphatic rings. The van der Waals surface area contributed by atoms with E-state index in [-0.39, 0.29) is 23.3 Å². The number of aromatic amines is 1. The van der Waals surface area contributed by atoms with Gasteiger partial charge >= 0.3 is 6.03 Å². The van der Waals surface area contributed by atoms with E-state index >= 15 is 0 Å². The van der Waals surface area contributed by atoms with E-state index in [1.54, 1.807) is 49.4 Å². The molecule has 2 aromatic carbocycles. The Balaban J connectivity index is 1.76. The lowest BCUT2D eigenvalue weighted by Crippen LogP contribution is -2.27. The second-order valence-electron chi connectivity index (χ2n) is 5.99. The summed E-state index contributed by atoms with van der Waals surface area (Å²) in [5.41, 5.74) is 6.89. The van der Waals surface area contributed by atoms with Crippen molar-refractivity contribution in [3.63, 3.8) is 0 Å². The molecule has 0 fully saturated rings. The highest BCUT2D eigenvalue weighted by Crippen LogP contribution is 2.25. The quantitative estimate of drug-likeness (QED) is 0.406. The number of anilines is 1. The molecule has 0 saturated heterocycles. The van der Waals surface area contributed by atoms with Gasteiger partial charge in [0.25, 0.3) is 11.6 Å². The fourth-order valence-corrected chi connectivity index (χ4v) is 2.77. The molecule has 1 heterocycles. The van der Waals surface area contributed by atoms with Crippen LogP contribution in [0.25, 0.3) is 10.9 Å². The Bertz CT molecular complexity index is 1030. The highest BCUT2D eigenvalue weighted by Gasteiger charge is 2.18. The molecule has 0 radical (unpaired) electrons. The molecule has 3 rings (SSSR count). The van der Waals surface area contributed by atoms with Crippen molar-refractivity contribution < 1.29 is 14.5 Å². The van der Waals surface area contributed by atoms with Crippen LogP contribution in [0.1, 0.15) is 29.0 Å². The number of aromatic nitrogens is 1. The lowest BCUT2D eigenvalue weighted by atomic mass is 10.1. The van der Waals surface area contributed by atoms with Crippen molar-refractivity contribution in [1.29, 1.82) is 0 Å². The summed E-state index contributed by atoms with van der Waals surface area (Å²) in [7, 11) is 0. The Morgan fingerprint density at radius 2 is 1.89 bits per heavy atom. The monoisotopic (exact) mass is 367 g/mol. The van der Waals surface area contributed by atoms with Crippen molar-refractivity contribution in [2.24, 2.45) is 5.73 Å². The second-order valence-corrected chi connectivity index (χ2v) is 5.99. The first kappa shape index (κ1) is 17.9. The zero-order valence-corrected chi connectivity index (χ0v) is 14.4. The molecule has 9 nitrogen and oxygen atoms in total. The predicted octanol–water partition coefficient (Wildman–Crippen LogP) is 3.06. The van der Waals surface area contributed by atoms with Crippen LogP contribution in [0.3, 0.4) is 0 Å². The van der Waals surface area contributed by atoms with Crippen LogP contribution in [0.15, 0.2) is 48.5 Å². The highest BCUT2D eigenvalue weighted by molar-refractivity contribution is 6.00. The number of amides is 3. The summed E-state index contributed by atoms with van der Waals surface area (Å²) in [5, 5.41) is 17.0. The molecule has 27 heavy (non-hydrogen) atoms. The molecule has 1 atom stereocenters. The molecular weight excluding hydrogens is 350 g/mol. The van der Waals surface area contributed by atoms with E-state index < -0.39 is 11.0 Å². The van der Waals surface area contributed by atoms with Crippen LogP contribution in [0, 0.1) is 10.1 Å². The standard InChI is InChI=1S/C18H17N5O4/c1-10(11-5-7-13(8-6-11)21-18(19)25)20-17(24)14-9-12-3-2-4-15(23(26)27)16(12)22-14/h2-10,22H,1H3,(H,20,24)(H3,19,21,25). The van der Waals surface area contributed by atoms with Gasteiger partial charge in [-0.05, 0) is 30.7 Å². The van der Waals surface area contributed by atoms with E-state index in [1.807, 2.05) is 0 Å². The number of hydrogen-bond donors (Lipinski definition) is 4. The number of para-hydroxylation sites is 1. The number of rotatable bonds is 5. The van der Waals surface area contributed by atoms with Gasteiger partial charge in [0, 0.05) is 17.1 Å². The molecule has 0 aliphatic carbocycles. The van der Waals surface area contributed by atoms with Crippen LogP contribution in [0.5, 0.6) is 0 Å². The first-order valence-electron chi connectivity index (χ1n) is 8.08. The van der Waals surface area contributed by atoms with Crippen molar-refractivity contribution in [2.75, 3.05) is 5.32 Å². The lowest BCUT2D eigenvalue weighted by Gasteiger charge is -2.14. The first-order valence-corrected chi connectivity index (χ1v) is 8.08. The number of carbonyl (C=O) groups excluding carboxylic acids is 2. The summed E-state index contributed by atoms with van der Waals surface area (Å²) in [6.45, 7) is 1.81. The predicted molar refractivity (Wildman–Crippen MR) is 100 cm³/mol. The van der Waals surface area contributed by atoms with E-state index in [4.69, 9.17) is 5.73 Å². The van der Waals surface area contributed by atoms with Crippen LogP contribution in [-0.4, -0.2) is 21.8 Å². The second kappa shape index (κ2) is 7.16. The maximum Gasteiger partial charge on any atom is 0.316 e. The van der Waals surface area contributed by atoms with Crippen molar-refractivity contribution in [3.05, 3.63) is 69.9 Å². The Labute approximate surface area is 153 Å². The largest absolute Gasteiger partial charge is 0.351 e. The maximum atomic E-state index is 12.5. The van der Waals surface area contributed by atoms with E-state index in [9.17, 15) is 19.7 Å². The Morgan fingerprint density at radius 3 is 2.52 bits per heavy atom. The number of primary amides is 1. The van der Waals surface area contributed by atoms with Gasteiger partial charge in [0.05, 0.1) is 11.0 Å². The molecule has 5 N–H and O–H groups in total. The fraction of sp³-hybridized carbons (Fsp3) is 0.111. The molecule has 1 unspecified atom stereocenters. The zero-order chi connectivity index (χ0) is 19.6. The SMILES string of the molecule is CC(NC(=O)c1cc2cccc([N+](=O)[O-])c2[nH]1)c1ccc(NC(N)=O)cc1. The Kier molecular flexibility index (Phi) is 4.75. The van der Waals surface area contributed by atoms with E-state index in [0.717, 1.165) is 5.56 Å². The number of fused-ring (bicyclic) bond motifs is 1. The summed E-state index contributed by atoms with van der Waals surface area (Å²) >= 11 is 0. The topological polar surface area (TPSA) is 143 Å². The number of hydrogen-bond acceptors (Lipinski definition) is 4. The molecule has 3 amide bonds. The third kappa shape index (κ3) is 3.87. The molecular formula is C18H17N5O4. The summed E-state index contributed by atoms with van der Waals surface area (Å²) in [5.74, 6) is -0.382. The van der Waals surface area contributed by atoms with E-state index in [2.05, 4.69) is 15.6 Å². The minimum Gasteiger partial charge on any atom is -0.351 e. The van der Waals surface area contributed by atoms with Gasteiger partial charge in [-0.3, -0.25) is 14.9 Å². The van der Waals surface area contributed by atoms with Gasteiger partial charge in [0.15, 0.2) is 0 Å². The number of nitro benzene ring substituents is 1. The smallest absolute Gasteiger partial charge is 0.316 e. The average molecular weight is 367 g/mol. The van der Waals surface area contributed by atoms with Crippen LogP contribution in [0.2, 0.25) is 0 Å². The third-order valence-electron chi connectivity index (χ3n) is 4.10. The number of H-pyrrole nitrogens is 1. The molecule has 1 aromatic heterocycles. The number of nitrogens with one attached hydrogen (secondary N) is 3. The molecule has 0 saturated carbocycles. The molecule has 3 aromatic rings. The van der Waals surface area contributed by atoms with Gasteiger partial charge < -0.3 is 21.4 Å². The number of nitrogens with zero attached hydrogens (tertiary/aromatic N) is 1. The van der Waals surface area contributed by atoms with E-state index in [1.165, 1.54) is 6.07 Å². The lowest BCUT2D eigenvalue weighted by molar-refractivity contribution is -0.383. The van der Waals surface area contributed by atoms with Crippen LogP contribution in [0.4, 0.5) is 16.2 Å². The minimum atomic E-state index is -0.656. The van der Waals surface area contributed by atoms with Gasteiger partial charge in [-0.2, -0.15) is 0 Å². The van der Waals surface area contributed by atoms with Crippen molar-refractivity contribution in [3.8, 4) is 0 Å². The summed E-state index contributed by atoms with van der Waals surface area (Å²) < 4.78 is 0. The Hall–Kier alpha value is -3.88. The number of non-ortho nitro benzene ring substituents is 1. The van der Waals surface area contributed by atoms with Crippen LogP contribution in [-0.2, 0) is 0 Å². The van der Waals surface area contributed by atoms with Gasteiger partial charge in [0.2, 0.25) is 0 Å². The average Bonchev–Trinajstić information content (AvgIpc) is 3.05. The minimum absolute atomic E-state index is 0.0860. The molecule has 0 bridgehead atoms.